The first-order valence-electron chi connectivity index (χ1n) is 13.4. The number of nitrogens with one attached hydrogen (secondary N) is 2. The van der Waals surface area contributed by atoms with Crippen molar-refractivity contribution in [3.63, 3.8) is 0 Å². The van der Waals surface area contributed by atoms with Crippen LogP contribution in [0.2, 0.25) is 0 Å². The van der Waals surface area contributed by atoms with Crippen LogP contribution in [0, 0.1) is 12.7 Å². The van der Waals surface area contributed by atoms with Gasteiger partial charge in [0.15, 0.2) is 5.82 Å². The summed E-state index contributed by atoms with van der Waals surface area (Å²) in [6.07, 6.45) is -1.86. The van der Waals surface area contributed by atoms with Crippen LogP contribution in [0.5, 0.6) is 0 Å². The van der Waals surface area contributed by atoms with Gasteiger partial charge in [-0.15, -0.1) is 0 Å². The monoisotopic (exact) mass is 625 g/mol. The third-order valence-electron chi connectivity index (χ3n) is 6.08. The Balaban J connectivity index is 0.00000102. The van der Waals surface area contributed by atoms with Gasteiger partial charge < -0.3 is 29.8 Å². The summed E-state index contributed by atoms with van der Waals surface area (Å²) in [6.45, 7) is 1.53. The third-order valence-corrected chi connectivity index (χ3v) is 6.08. The number of aromatic amines is 1. The number of anilines is 1. The van der Waals surface area contributed by atoms with E-state index in [1.165, 1.54) is 35.7 Å². The number of hydrogen-bond donors (Lipinski definition) is 3. The molecule has 240 valence electrons. The van der Waals surface area contributed by atoms with Crippen LogP contribution in [0.3, 0.4) is 0 Å². The van der Waals surface area contributed by atoms with E-state index in [2.05, 4.69) is 20.3 Å². The Morgan fingerprint density at radius 3 is 2.39 bits per heavy atom. The molecule has 3 amide bonds. The Kier molecular flexibility index (Phi) is 12.6. The lowest BCUT2D eigenvalue weighted by Gasteiger charge is -2.11. The number of rotatable bonds is 10. The summed E-state index contributed by atoms with van der Waals surface area (Å²) in [5.41, 5.74) is -0.0622. The zero-order valence-electron chi connectivity index (χ0n) is 25.0. The number of allylic oxidation sites excluding steroid dienone is 1. The molecule has 44 heavy (non-hydrogen) atoms. The number of nitrogens with zero attached hydrogens (tertiary/aromatic N) is 5. The van der Waals surface area contributed by atoms with Crippen molar-refractivity contribution in [2.75, 3.05) is 33.5 Å². The number of H-pyrrole nitrogens is 1. The highest BCUT2D eigenvalue weighted by atomic mass is 19.4. The topological polar surface area (TPSA) is 154 Å². The third kappa shape index (κ3) is 10.8. The van der Waals surface area contributed by atoms with E-state index in [9.17, 15) is 36.7 Å². The number of unbranched alkanes of at least 4 members (excludes halogenated alkanes) is 1. The predicted octanol–water partition coefficient (Wildman–Crippen LogP) is 4.09. The van der Waals surface area contributed by atoms with Crippen LogP contribution in [0.4, 0.5) is 28.0 Å². The van der Waals surface area contributed by atoms with Crippen molar-refractivity contribution >= 4 is 34.6 Å². The highest BCUT2D eigenvalue weighted by molar-refractivity contribution is 5.90. The predicted molar refractivity (Wildman–Crippen MR) is 155 cm³/mol. The average molecular weight is 626 g/mol. The fraction of sp³-hybridized carbons (Fsp3) is 0.429. The van der Waals surface area contributed by atoms with Crippen LogP contribution < -0.4 is 10.9 Å². The molecule has 0 saturated carbocycles. The maximum absolute atomic E-state index is 14.3. The zero-order chi connectivity index (χ0) is 33.2. The van der Waals surface area contributed by atoms with Crippen molar-refractivity contribution in [2.45, 2.75) is 51.7 Å². The maximum Gasteiger partial charge on any atom is 0.406 e. The number of likely N-dealkylation sites (N-methyl/N-ethyl adjacent to an activating group) is 1. The molecule has 0 aliphatic rings. The van der Waals surface area contributed by atoms with Crippen molar-refractivity contribution in [2.24, 2.45) is 0 Å². The number of aromatic nitrogens is 4. The molecule has 3 aromatic rings. The largest absolute Gasteiger partial charge is 0.465 e. The number of aryl methyl sites for hydroxylation is 2. The summed E-state index contributed by atoms with van der Waals surface area (Å²) in [6, 6.07) is 3.09. The summed E-state index contributed by atoms with van der Waals surface area (Å²) >= 11 is 0. The van der Waals surface area contributed by atoms with Gasteiger partial charge in [0.05, 0.1) is 24.0 Å². The van der Waals surface area contributed by atoms with Crippen LogP contribution >= 0.6 is 0 Å². The van der Waals surface area contributed by atoms with Crippen molar-refractivity contribution in [3.05, 3.63) is 63.9 Å². The number of carboxylic acid groups (broad SMARTS) is 1. The summed E-state index contributed by atoms with van der Waals surface area (Å²) < 4.78 is 53.6. The summed E-state index contributed by atoms with van der Waals surface area (Å²) in [7, 11) is 6.22. The molecule has 3 heterocycles. The average Bonchev–Trinajstić information content (AvgIpc) is 3.36. The van der Waals surface area contributed by atoms with E-state index in [0.717, 1.165) is 11.1 Å². The van der Waals surface area contributed by atoms with Crippen molar-refractivity contribution in [1.29, 1.82) is 0 Å². The lowest BCUT2D eigenvalue weighted by atomic mass is 10.2. The minimum Gasteiger partial charge on any atom is -0.465 e. The molecule has 0 radical (unpaired) electrons. The first-order valence-corrected chi connectivity index (χ1v) is 13.4. The number of alkyl halides is 3. The molecule has 0 spiro atoms. The van der Waals surface area contributed by atoms with E-state index in [-0.39, 0.29) is 53.0 Å². The Bertz CT molecular complexity index is 1560. The molecule has 0 aromatic carbocycles. The van der Waals surface area contributed by atoms with Gasteiger partial charge in [0.2, 0.25) is 11.8 Å². The molecule has 0 bridgehead atoms. The molecular formula is C28H35F4N7O5. The first kappa shape index (κ1) is 35.4. The van der Waals surface area contributed by atoms with Crippen LogP contribution in [-0.2, 0) is 22.6 Å². The molecule has 0 fully saturated rings. The van der Waals surface area contributed by atoms with Crippen LogP contribution in [0.25, 0.3) is 11.0 Å². The normalized spacial score (nSPS) is 11.3. The van der Waals surface area contributed by atoms with E-state index >= 15 is 0 Å². The van der Waals surface area contributed by atoms with Crippen molar-refractivity contribution < 1.29 is 37.1 Å². The highest BCUT2D eigenvalue weighted by Gasteiger charge is 2.28. The minimum atomic E-state index is -4.40. The Labute approximate surface area is 250 Å². The van der Waals surface area contributed by atoms with Crippen LogP contribution in [0.1, 0.15) is 42.9 Å². The van der Waals surface area contributed by atoms with E-state index in [1.807, 2.05) is 0 Å². The molecule has 0 unspecified atom stereocenters. The summed E-state index contributed by atoms with van der Waals surface area (Å²) in [4.78, 5) is 59.8. The van der Waals surface area contributed by atoms with E-state index in [0.29, 0.717) is 18.5 Å². The van der Waals surface area contributed by atoms with Gasteiger partial charge >= 0.3 is 12.3 Å². The maximum atomic E-state index is 14.3. The minimum absolute atomic E-state index is 0.0171. The number of pyridine rings is 2. The SMILES string of the molecule is CN(C)C(=O)O.Cc1ccc(NC(=O)CCC/C=C/C(=O)N(C)C)c(=O)n1Cc1nc2c(F)cnc(CCC(F)(F)F)c2[nH]1. The number of halogens is 4. The zero-order valence-corrected chi connectivity index (χ0v) is 25.0. The molecule has 12 nitrogen and oxygen atoms in total. The van der Waals surface area contributed by atoms with Gasteiger partial charge in [-0.05, 0) is 38.0 Å². The van der Waals surface area contributed by atoms with Crippen molar-refractivity contribution in [1.82, 2.24) is 29.3 Å². The highest BCUT2D eigenvalue weighted by Crippen LogP contribution is 2.25. The van der Waals surface area contributed by atoms with Gasteiger partial charge in [-0.1, -0.05) is 6.08 Å². The Morgan fingerprint density at radius 2 is 1.80 bits per heavy atom. The molecule has 16 heteroatoms. The fourth-order valence-electron chi connectivity index (χ4n) is 3.63. The van der Waals surface area contributed by atoms with Crippen LogP contribution in [-0.4, -0.2) is 86.7 Å². The molecule has 3 rings (SSSR count). The number of carbonyl (C=O) groups excluding carboxylic acids is 2. The van der Waals surface area contributed by atoms with Gasteiger partial charge in [-0.25, -0.2) is 14.2 Å². The molecule has 0 aliphatic carbocycles. The quantitative estimate of drug-likeness (QED) is 0.174. The molecule has 3 N–H and O–H groups in total. The number of fused-ring (bicyclic) bond motifs is 1. The molecule has 0 saturated heterocycles. The lowest BCUT2D eigenvalue weighted by molar-refractivity contribution is -0.134. The van der Waals surface area contributed by atoms with E-state index in [4.69, 9.17) is 5.11 Å². The Morgan fingerprint density at radius 1 is 1.14 bits per heavy atom. The number of imidazole rings is 1. The summed E-state index contributed by atoms with van der Waals surface area (Å²) in [5, 5.41) is 10.5. The second kappa shape index (κ2) is 15.6. The lowest BCUT2D eigenvalue weighted by Crippen LogP contribution is -2.27. The van der Waals surface area contributed by atoms with Gasteiger partial charge in [-0.3, -0.25) is 19.4 Å². The standard InChI is InChI=1S/C25H28F4N6O3.C3H7NO2/c1-15-9-10-18(31-20(36)7-5-4-6-8-21(37)34(2)3)24(38)35(15)14-19-32-22-16(26)13-30-17(23(22)33-19)11-12-25(27,28)29;1-4(2)3(5)6/h6,8-10,13H,4-5,7,11-12,14H2,1-3H3,(H,31,36)(H,32,33);1-2H3,(H,5,6)/b8-6+;. The van der Waals surface area contributed by atoms with Gasteiger partial charge in [0.25, 0.3) is 5.56 Å². The smallest absolute Gasteiger partial charge is 0.406 e. The number of amides is 3. The first-order chi connectivity index (χ1) is 20.5. The van der Waals surface area contributed by atoms with E-state index < -0.39 is 36.5 Å². The second-order valence-electron chi connectivity index (χ2n) is 10.1. The van der Waals surface area contributed by atoms with Gasteiger partial charge in [0, 0.05) is 53.1 Å². The second-order valence-corrected chi connectivity index (χ2v) is 10.1. The Hall–Kier alpha value is -4.76. The van der Waals surface area contributed by atoms with Crippen LogP contribution in [0.15, 0.2) is 35.3 Å². The molecular weight excluding hydrogens is 590 g/mol. The van der Waals surface area contributed by atoms with E-state index in [1.54, 1.807) is 33.2 Å². The summed E-state index contributed by atoms with van der Waals surface area (Å²) in [5.74, 6) is -1.19. The van der Waals surface area contributed by atoms with Gasteiger partial charge in [-0.2, -0.15) is 13.2 Å². The molecule has 0 atom stereocenters. The number of carbonyl (C=O) groups is 3. The number of hydrogen-bond acceptors (Lipinski definition) is 6. The molecule has 3 aromatic heterocycles. The molecule has 0 aliphatic heterocycles. The fourth-order valence-corrected chi connectivity index (χ4v) is 3.63. The van der Waals surface area contributed by atoms with Crippen molar-refractivity contribution in [3.8, 4) is 0 Å². The van der Waals surface area contributed by atoms with Gasteiger partial charge in [0.1, 0.15) is 17.0 Å².